The predicted molar refractivity (Wildman–Crippen MR) is 95.0 cm³/mol. The summed E-state index contributed by atoms with van der Waals surface area (Å²) in [6, 6.07) is 3.86. The Morgan fingerprint density at radius 3 is 2.95 bits per heavy atom. The number of halogens is 1. The van der Waals surface area contributed by atoms with Gasteiger partial charge in [-0.3, -0.25) is 0 Å². The van der Waals surface area contributed by atoms with Crippen LogP contribution in [0.5, 0.6) is 5.88 Å². The summed E-state index contributed by atoms with van der Waals surface area (Å²) in [5.74, 6) is 3.50. The van der Waals surface area contributed by atoms with Crippen molar-refractivity contribution in [2.45, 2.75) is 13.5 Å². The number of guanidine groups is 1. The van der Waals surface area contributed by atoms with E-state index >= 15 is 0 Å². The molecule has 1 fully saturated rings. The van der Waals surface area contributed by atoms with E-state index in [1.165, 1.54) is 0 Å². The van der Waals surface area contributed by atoms with Crippen LogP contribution < -0.4 is 10.5 Å². The lowest BCUT2D eigenvalue weighted by Crippen LogP contribution is -2.42. The molecule has 0 saturated carbocycles. The SMILES string of the molecule is CCOc1ncccc1CN=C(N)N1CCSCC1.I. The number of aliphatic imine (C=N–C) groups is 1. The summed E-state index contributed by atoms with van der Waals surface area (Å²) in [5, 5.41) is 0. The van der Waals surface area contributed by atoms with Crippen LogP contribution in [0.4, 0.5) is 0 Å². The first-order chi connectivity index (χ1) is 9.31. The van der Waals surface area contributed by atoms with Crippen LogP contribution >= 0.6 is 35.7 Å². The van der Waals surface area contributed by atoms with E-state index in [-0.39, 0.29) is 24.0 Å². The highest BCUT2D eigenvalue weighted by Gasteiger charge is 2.12. The van der Waals surface area contributed by atoms with Crippen molar-refractivity contribution in [1.29, 1.82) is 0 Å². The van der Waals surface area contributed by atoms with Crippen molar-refractivity contribution < 1.29 is 4.74 Å². The lowest BCUT2D eigenvalue weighted by Gasteiger charge is -2.27. The summed E-state index contributed by atoms with van der Waals surface area (Å²) in [6.07, 6.45) is 1.73. The first kappa shape index (κ1) is 17.4. The second-order valence-electron chi connectivity index (χ2n) is 4.17. The Morgan fingerprint density at radius 2 is 2.25 bits per heavy atom. The zero-order valence-electron chi connectivity index (χ0n) is 11.6. The standard InChI is InChI=1S/C13H20N4OS.HI/c1-2-18-12-11(4-3-5-15-12)10-16-13(14)17-6-8-19-9-7-17;/h3-5H,2,6-10H2,1H3,(H2,14,16);1H. The van der Waals surface area contributed by atoms with Gasteiger partial charge in [0.05, 0.1) is 13.2 Å². The molecule has 20 heavy (non-hydrogen) atoms. The first-order valence-corrected chi connectivity index (χ1v) is 7.66. The number of hydrogen-bond donors (Lipinski definition) is 1. The minimum Gasteiger partial charge on any atom is -0.478 e. The number of hydrogen-bond acceptors (Lipinski definition) is 4. The number of nitrogens with two attached hydrogens (primary N) is 1. The fourth-order valence-corrected chi connectivity index (χ4v) is 2.77. The number of aromatic nitrogens is 1. The molecule has 7 heteroatoms. The highest BCUT2D eigenvalue weighted by Crippen LogP contribution is 2.15. The molecule has 0 spiro atoms. The lowest BCUT2D eigenvalue weighted by atomic mass is 10.3. The quantitative estimate of drug-likeness (QED) is 0.469. The fraction of sp³-hybridized carbons (Fsp3) is 0.538. The summed E-state index contributed by atoms with van der Waals surface area (Å²) < 4.78 is 5.48. The summed E-state index contributed by atoms with van der Waals surface area (Å²) in [7, 11) is 0. The van der Waals surface area contributed by atoms with Gasteiger partial charge < -0.3 is 15.4 Å². The highest BCUT2D eigenvalue weighted by atomic mass is 127. The highest BCUT2D eigenvalue weighted by molar-refractivity contribution is 14.0. The van der Waals surface area contributed by atoms with E-state index in [0.29, 0.717) is 25.0 Å². The molecule has 0 aliphatic carbocycles. The molecule has 1 aromatic rings. The molecule has 112 valence electrons. The van der Waals surface area contributed by atoms with Crippen molar-refractivity contribution in [2.75, 3.05) is 31.2 Å². The van der Waals surface area contributed by atoms with Gasteiger partial charge in [-0.1, -0.05) is 6.07 Å². The number of rotatable bonds is 4. The summed E-state index contributed by atoms with van der Waals surface area (Å²) in [6.45, 7) is 5.02. The van der Waals surface area contributed by atoms with Crippen molar-refractivity contribution in [3.63, 3.8) is 0 Å². The summed E-state index contributed by atoms with van der Waals surface area (Å²) >= 11 is 1.96. The molecule has 2 N–H and O–H groups in total. The number of thioether (sulfide) groups is 1. The van der Waals surface area contributed by atoms with Crippen LogP contribution in [0.1, 0.15) is 12.5 Å². The van der Waals surface area contributed by atoms with Crippen LogP contribution in [-0.4, -0.2) is 47.0 Å². The molecule has 2 rings (SSSR count). The molecule has 0 atom stereocenters. The van der Waals surface area contributed by atoms with Gasteiger partial charge in [0.25, 0.3) is 0 Å². The third kappa shape index (κ3) is 5.01. The molecule has 1 aliphatic rings. The van der Waals surface area contributed by atoms with E-state index < -0.39 is 0 Å². The van der Waals surface area contributed by atoms with Crippen molar-refractivity contribution in [3.05, 3.63) is 23.9 Å². The van der Waals surface area contributed by atoms with Crippen LogP contribution in [0, 0.1) is 0 Å². The second-order valence-corrected chi connectivity index (χ2v) is 5.40. The zero-order valence-corrected chi connectivity index (χ0v) is 14.8. The maximum absolute atomic E-state index is 6.03. The molecular weight excluding hydrogens is 387 g/mol. The Hall–Kier alpha value is -0.700. The fourth-order valence-electron chi connectivity index (χ4n) is 1.87. The molecule has 0 aromatic carbocycles. The van der Waals surface area contributed by atoms with Crippen molar-refractivity contribution >= 4 is 41.7 Å². The molecule has 5 nitrogen and oxygen atoms in total. The van der Waals surface area contributed by atoms with Crippen molar-refractivity contribution in [2.24, 2.45) is 10.7 Å². The summed E-state index contributed by atoms with van der Waals surface area (Å²) in [4.78, 5) is 10.8. The molecule has 1 aromatic heterocycles. The minimum atomic E-state index is 0. The molecule has 1 saturated heterocycles. The Kier molecular flexibility index (Phi) is 8.05. The van der Waals surface area contributed by atoms with Gasteiger partial charge in [0.1, 0.15) is 0 Å². The maximum atomic E-state index is 6.03. The minimum absolute atomic E-state index is 0. The molecule has 0 unspecified atom stereocenters. The van der Waals surface area contributed by atoms with Crippen LogP contribution in [0.2, 0.25) is 0 Å². The normalized spacial score (nSPS) is 15.7. The van der Waals surface area contributed by atoms with E-state index in [4.69, 9.17) is 10.5 Å². The van der Waals surface area contributed by atoms with Crippen LogP contribution in [0.3, 0.4) is 0 Å². The van der Waals surface area contributed by atoms with Gasteiger partial charge in [0.15, 0.2) is 5.96 Å². The van der Waals surface area contributed by atoms with Crippen LogP contribution in [-0.2, 0) is 6.54 Å². The zero-order chi connectivity index (χ0) is 13.5. The molecule has 2 heterocycles. The van der Waals surface area contributed by atoms with E-state index in [2.05, 4.69) is 14.9 Å². The smallest absolute Gasteiger partial charge is 0.218 e. The number of pyridine rings is 1. The van der Waals surface area contributed by atoms with Gasteiger partial charge in [0, 0.05) is 36.4 Å². The monoisotopic (exact) mass is 408 g/mol. The van der Waals surface area contributed by atoms with E-state index in [1.54, 1.807) is 6.20 Å². The largest absolute Gasteiger partial charge is 0.478 e. The molecule has 0 amide bonds. The first-order valence-electron chi connectivity index (χ1n) is 6.50. The Balaban J connectivity index is 0.00000200. The Morgan fingerprint density at radius 1 is 1.50 bits per heavy atom. The van der Waals surface area contributed by atoms with E-state index in [9.17, 15) is 0 Å². The average Bonchev–Trinajstić information content (AvgIpc) is 2.47. The van der Waals surface area contributed by atoms with Gasteiger partial charge in [0.2, 0.25) is 5.88 Å². The predicted octanol–water partition coefficient (Wildman–Crippen LogP) is 1.96. The van der Waals surface area contributed by atoms with Crippen molar-refractivity contribution in [3.8, 4) is 5.88 Å². The maximum Gasteiger partial charge on any atom is 0.218 e. The third-order valence-corrected chi connectivity index (χ3v) is 3.82. The van der Waals surface area contributed by atoms with Gasteiger partial charge >= 0.3 is 0 Å². The Bertz CT molecular complexity index is 438. The van der Waals surface area contributed by atoms with Gasteiger partial charge in [-0.25, -0.2) is 9.98 Å². The molecule has 0 bridgehead atoms. The average molecular weight is 408 g/mol. The van der Waals surface area contributed by atoms with E-state index in [1.807, 2.05) is 30.8 Å². The topological polar surface area (TPSA) is 63.7 Å². The third-order valence-electron chi connectivity index (χ3n) is 2.88. The lowest BCUT2D eigenvalue weighted by molar-refractivity contribution is 0.323. The molecular formula is C13H21IN4OS. The Labute approximate surface area is 141 Å². The van der Waals surface area contributed by atoms with Gasteiger partial charge in [-0.05, 0) is 13.0 Å². The van der Waals surface area contributed by atoms with E-state index in [0.717, 1.165) is 30.2 Å². The van der Waals surface area contributed by atoms with Crippen LogP contribution in [0.15, 0.2) is 23.3 Å². The molecule has 0 radical (unpaired) electrons. The van der Waals surface area contributed by atoms with Gasteiger partial charge in [-0.15, -0.1) is 24.0 Å². The summed E-state index contributed by atoms with van der Waals surface area (Å²) in [5.41, 5.74) is 7.00. The van der Waals surface area contributed by atoms with Gasteiger partial charge in [-0.2, -0.15) is 11.8 Å². The molecule has 1 aliphatic heterocycles. The second kappa shape index (κ2) is 9.28. The van der Waals surface area contributed by atoms with Crippen molar-refractivity contribution in [1.82, 2.24) is 9.88 Å². The van der Waals surface area contributed by atoms with Crippen LogP contribution in [0.25, 0.3) is 0 Å². The number of nitrogens with zero attached hydrogens (tertiary/aromatic N) is 3. The number of ether oxygens (including phenoxy) is 1.